The fourth-order valence-electron chi connectivity index (χ4n) is 1.91. The van der Waals surface area contributed by atoms with Crippen LogP contribution < -0.4 is 10.9 Å². The highest BCUT2D eigenvalue weighted by Gasteiger charge is 2.22. The van der Waals surface area contributed by atoms with Gasteiger partial charge in [-0.2, -0.15) is 0 Å². The van der Waals surface area contributed by atoms with E-state index < -0.39 is 5.92 Å². The molecule has 3 N–H and O–H groups in total. The number of nitrogens with zero attached hydrogens (tertiary/aromatic N) is 3. The molecule has 0 bridgehead atoms. The predicted molar refractivity (Wildman–Crippen MR) is 84.6 cm³/mol. The fraction of sp³-hybridized carbons (Fsp3) is 0.286. The van der Waals surface area contributed by atoms with Crippen LogP contribution in [0.5, 0.6) is 0 Å². The number of anilines is 1. The maximum absolute atomic E-state index is 12.3. The third-order valence-electron chi connectivity index (χ3n) is 3.02. The molecule has 0 aliphatic heterocycles. The van der Waals surface area contributed by atoms with Crippen LogP contribution in [-0.4, -0.2) is 39.1 Å². The van der Waals surface area contributed by atoms with Gasteiger partial charge in [-0.3, -0.25) is 25.6 Å². The van der Waals surface area contributed by atoms with Crippen molar-refractivity contribution in [2.45, 2.75) is 13.3 Å². The summed E-state index contributed by atoms with van der Waals surface area (Å²) >= 11 is 1.51. The molecule has 9 heteroatoms. The lowest BCUT2D eigenvalue weighted by Gasteiger charge is -2.19. The van der Waals surface area contributed by atoms with E-state index >= 15 is 0 Å². The number of nitrogens with one attached hydrogen (secondary N) is 2. The summed E-state index contributed by atoms with van der Waals surface area (Å²) in [5.41, 5.74) is 5.89. The zero-order valence-corrected chi connectivity index (χ0v) is 13.3. The van der Waals surface area contributed by atoms with Crippen molar-refractivity contribution >= 4 is 29.6 Å². The largest absolute Gasteiger partial charge is 0.286 e. The van der Waals surface area contributed by atoms with Gasteiger partial charge in [0.2, 0.25) is 18.3 Å². The number of hydroxylamine groups is 2. The molecule has 2 aromatic heterocycles. The van der Waals surface area contributed by atoms with Crippen molar-refractivity contribution in [1.82, 2.24) is 20.5 Å². The Kier molecular flexibility index (Phi) is 6.01. The van der Waals surface area contributed by atoms with E-state index in [-0.39, 0.29) is 24.8 Å². The lowest BCUT2D eigenvalue weighted by atomic mass is 10.0. The molecular formula is C14H17N5O3S. The molecule has 1 unspecified atom stereocenters. The van der Waals surface area contributed by atoms with Crippen molar-refractivity contribution in [3.05, 3.63) is 40.3 Å². The average Bonchev–Trinajstić information content (AvgIpc) is 3.05. The first kappa shape index (κ1) is 16.8. The minimum Gasteiger partial charge on any atom is -0.286 e. The Morgan fingerprint density at radius 1 is 1.52 bits per heavy atom. The van der Waals surface area contributed by atoms with E-state index in [0.717, 1.165) is 10.6 Å². The minimum absolute atomic E-state index is 0.108. The number of hydrazine groups is 1. The van der Waals surface area contributed by atoms with E-state index in [1.54, 1.807) is 12.3 Å². The molecule has 0 aromatic carbocycles. The second-order valence-corrected chi connectivity index (χ2v) is 5.88. The maximum Gasteiger partial charge on any atom is 0.243 e. The summed E-state index contributed by atoms with van der Waals surface area (Å²) in [5, 5.41) is 11.7. The number of rotatable bonds is 8. The Morgan fingerprint density at radius 2 is 2.35 bits per heavy atom. The Morgan fingerprint density at radius 3 is 3.00 bits per heavy atom. The fourth-order valence-corrected chi connectivity index (χ4v) is 2.70. The van der Waals surface area contributed by atoms with Gasteiger partial charge in [0.05, 0.1) is 12.5 Å². The highest BCUT2D eigenvalue weighted by atomic mass is 32.1. The van der Waals surface area contributed by atoms with Crippen LogP contribution in [0.15, 0.2) is 29.8 Å². The first-order valence-electron chi connectivity index (χ1n) is 6.87. The lowest BCUT2D eigenvalue weighted by Crippen LogP contribution is -2.41. The van der Waals surface area contributed by atoms with Crippen LogP contribution in [0.1, 0.15) is 10.6 Å². The summed E-state index contributed by atoms with van der Waals surface area (Å²) < 4.78 is 0. The van der Waals surface area contributed by atoms with Crippen molar-refractivity contribution in [1.29, 1.82) is 0 Å². The number of carbonyl (C=O) groups excluding carboxylic acids is 2. The smallest absolute Gasteiger partial charge is 0.243 e. The van der Waals surface area contributed by atoms with Gasteiger partial charge in [0.1, 0.15) is 0 Å². The number of hydrogen-bond acceptors (Lipinski definition) is 7. The summed E-state index contributed by atoms with van der Waals surface area (Å²) in [4.78, 5) is 32.0. The van der Waals surface area contributed by atoms with Crippen LogP contribution in [0.2, 0.25) is 0 Å². The number of hydrogen-bond donors (Lipinski definition) is 3. The first-order valence-corrected chi connectivity index (χ1v) is 7.75. The SMILES string of the molecule is Cc1ccnc(NNC(=O)C(Cc2cccs2)CN(O)C=O)n1. The van der Waals surface area contributed by atoms with Gasteiger partial charge in [-0.25, -0.2) is 15.0 Å². The molecule has 0 aliphatic rings. The van der Waals surface area contributed by atoms with Gasteiger partial charge in [-0.05, 0) is 30.9 Å². The number of amides is 2. The Balaban J connectivity index is 1.98. The molecule has 122 valence electrons. The zero-order chi connectivity index (χ0) is 16.7. The normalized spacial score (nSPS) is 11.6. The van der Waals surface area contributed by atoms with E-state index in [2.05, 4.69) is 20.8 Å². The van der Waals surface area contributed by atoms with Crippen molar-refractivity contribution < 1.29 is 14.8 Å². The highest BCUT2D eigenvalue weighted by molar-refractivity contribution is 7.09. The van der Waals surface area contributed by atoms with Gasteiger partial charge >= 0.3 is 0 Å². The summed E-state index contributed by atoms with van der Waals surface area (Å²) in [6.45, 7) is 1.70. The van der Waals surface area contributed by atoms with Gasteiger partial charge in [-0.1, -0.05) is 6.07 Å². The summed E-state index contributed by atoms with van der Waals surface area (Å²) in [6, 6.07) is 5.51. The van der Waals surface area contributed by atoms with E-state index in [9.17, 15) is 14.8 Å². The minimum atomic E-state index is -0.610. The molecular weight excluding hydrogens is 318 g/mol. The van der Waals surface area contributed by atoms with E-state index in [0.29, 0.717) is 11.5 Å². The Bertz CT molecular complexity index is 650. The molecule has 0 aliphatic carbocycles. The van der Waals surface area contributed by atoms with Crippen LogP contribution in [0.4, 0.5) is 5.95 Å². The average molecular weight is 335 g/mol. The molecule has 0 spiro atoms. The molecule has 1 atom stereocenters. The van der Waals surface area contributed by atoms with Crippen LogP contribution in [0.3, 0.4) is 0 Å². The van der Waals surface area contributed by atoms with Gasteiger partial charge < -0.3 is 0 Å². The summed E-state index contributed by atoms with van der Waals surface area (Å²) in [5.74, 6) is -0.713. The van der Waals surface area contributed by atoms with Gasteiger partial charge in [0.25, 0.3) is 0 Å². The molecule has 0 saturated heterocycles. The lowest BCUT2D eigenvalue weighted by molar-refractivity contribution is -0.154. The van der Waals surface area contributed by atoms with Crippen molar-refractivity contribution in [2.75, 3.05) is 12.0 Å². The molecule has 0 radical (unpaired) electrons. The van der Waals surface area contributed by atoms with Crippen molar-refractivity contribution in [3.8, 4) is 0 Å². The third kappa shape index (κ3) is 5.31. The number of aryl methyl sites for hydroxylation is 1. The first-order chi connectivity index (χ1) is 11.1. The predicted octanol–water partition coefficient (Wildman–Crippen LogP) is 0.996. The standard InChI is InChI=1S/C14H17N5O3S/c1-10-4-5-15-14(16-10)18-17-13(21)11(8-19(22)9-20)7-12-3-2-6-23-12/h2-6,9,11,22H,7-8H2,1H3,(H,17,21)(H,15,16,18). The molecule has 8 nitrogen and oxygen atoms in total. The van der Waals surface area contributed by atoms with E-state index in [4.69, 9.17) is 0 Å². The highest BCUT2D eigenvalue weighted by Crippen LogP contribution is 2.15. The van der Waals surface area contributed by atoms with Crippen LogP contribution >= 0.6 is 11.3 Å². The quantitative estimate of drug-likeness (QED) is 0.377. The monoisotopic (exact) mass is 335 g/mol. The third-order valence-corrected chi connectivity index (χ3v) is 3.92. The maximum atomic E-state index is 12.3. The van der Waals surface area contributed by atoms with Gasteiger partial charge in [0, 0.05) is 16.8 Å². The topological polar surface area (TPSA) is 107 Å². The molecule has 2 heterocycles. The molecule has 0 fully saturated rings. The van der Waals surface area contributed by atoms with Gasteiger partial charge in [0.15, 0.2) is 0 Å². The van der Waals surface area contributed by atoms with Gasteiger partial charge in [-0.15, -0.1) is 11.3 Å². The molecule has 2 aromatic rings. The molecule has 2 amide bonds. The van der Waals surface area contributed by atoms with Crippen LogP contribution in [-0.2, 0) is 16.0 Å². The molecule has 23 heavy (non-hydrogen) atoms. The van der Waals surface area contributed by atoms with E-state index in [1.807, 2.05) is 24.4 Å². The summed E-state index contributed by atoms with van der Waals surface area (Å²) in [7, 11) is 0. The Labute approximate surface area is 137 Å². The number of carbonyl (C=O) groups is 2. The van der Waals surface area contributed by atoms with Crippen molar-refractivity contribution in [3.63, 3.8) is 0 Å². The second kappa shape index (κ2) is 8.20. The molecule has 0 saturated carbocycles. The summed E-state index contributed by atoms with van der Waals surface area (Å²) in [6.07, 6.45) is 2.25. The molecule has 2 rings (SSSR count). The number of aromatic nitrogens is 2. The Hall–Kier alpha value is -2.52. The number of thiophene rings is 1. The van der Waals surface area contributed by atoms with Crippen LogP contribution in [0, 0.1) is 12.8 Å². The zero-order valence-electron chi connectivity index (χ0n) is 12.5. The van der Waals surface area contributed by atoms with Crippen LogP contribution in [0.25, 0.3) is 0 Å². The van der Waals surface area contributed by atoms with E-state index in [1.165, 1.54) is 11.3 Å². The second-order valence-electron chi connectivity index (χ2n) is 4.84. The van der Waals surface area contributed by atoms with Crippen molar-refractivity contribution in [2.24, 2.45) is 5.92 Å².